The van der Waals surface area contributed by atoms with Gasteiger partial charge in [0.15, 0.2) is 0 Å². The molecule has 0 aliphatic rings. The molecule has 4 N–H and O–H groups in total. The third kappa shape index (κ3) is 13.0. The van der Waals surface area contributed by atoms with E-state index in [0.29, 0.717) is 17.3 Å². The highest BCUT2D eigenvalue weighted by Gasteiger charge is 2.06. The summed E-state index contributed by atoms with van der Waals surface area (Å²) in [5, 5.41) is 6.04. The van der Waals surface area contributed by atoms with E-state index in [0.717, 1.165) is 38.8 Å². The fourth-order valence-electron chi connectivity index (χ4n) is 2.11. The number of nitrogens with two attached hydrogens (primary N) is 1. The van der Waals surface area contributed by atoms with Crippen LogP contribution in [0.3, 0.4) is 0 Å². The molecule has 0 aromatic carbocycles. The maximum Gasteiger partial charge on any atom is 0.220 e. The van der Waals surface area contributed by atoms with Crippen LogP contribution in [0.5, 0.6) is 0 Å². The van der Waals surface area contributed by atoms with Gasteiger partial charge in [0, 0.05) is 19.5 Å². The zero-order valence-electron chi connectivity index (χ0n) is 14.0. The quantitative estimate of drug-likeness (QED) is 0.375. The van der Waals surface area contributed by atoms with Crippen molar-refractivity contribution in [1.82, 2.24) is 10.6 Å². The number of amides is 1. The van der Waals surface area contributed by atoms with Gasteiger partial charge in [-0.2, -0.15) is 0 Å². The maximum atomic E-state index is 11.7. The summed E-state index contributed by atoms with van der Waals surface area (Å²) in [6.07, 6.45) is 8.57. The molecule has 128 valence electrons. The summed E-state index contributed by atoms with van der Waals surface area (Å²) >= 11 is 9.75. The maximum absolute atomic E-state index is 11.7. The molecular weight excluding hydrogens is 314 g/mol. The summed E-state index contributed by atoms with van der Waals surface area (Å²) in [4.78, 5) is 12.4. The lowest BCUT2D eigenvalue weighted by atomic mass is 10.1. The zero-order chi connectivity index (χ0) is 16.8. The standard InChI is InChI=1S/C16H31N3OS2/c1-3-4-5-6-7-10-14(20)19-12-13(2)9-8-11-18-16(22)15(17)21/h13H,3-12H2,1-2H3,(H2,17,21)(H,18,22)(H,19,20). The average molecular weight is 346 g/mol. The van der Waals surface area contributed by atoms with E-state index in [9.17, 15) is 4.79 Å². The first-order valence-corrected chi connectivity index (χ1v) is 9.13. The van der Waals surface area contributed by atoms with Crippen LogP contribution in [0.4, 0.5) is 0 Å². The number of thiocarbonyl (C=S) groups is 2. The van der Waals surface area contributed by atoms with Gasteiger partial charge in [-0.05, 0) is 25.2 Å². The Labute approximate surface area is 146 Å². The lowest BCUT2D eigenvalue weighted by Crippen LogP contribution is -2.34. The molecule has 0 radical (unpaired) electrons. The van der Waals surface area contributed by atoms with Crippen molar-refractivity contribution < 1.29 is 4.79 Å². The Morgan fingerprint density at radius 2 is 1.77 bits per heavy atom. The molecule has 0 aromatic heterocycles. The number of unbranched alkanes of at least 4 members (excludes halogenated alkanes) is 4. The van der Waals surface area contributed by atoms with E-state index in [1.165, 1.54) is 19.3 Å². The van der Waals surface area contributed by atoms with Crippen molar-refractivity contribution >= 4 is 40.3 Å². The molecule has 1 atom stereocenters. The topological polar surface area (TPSA) is 67.2 Å². The first kappa shape index (κ1) is 21.2. The van der Waals surface area contributed by atoms with Crippen molar-refractivity contribution in [3.8, 4) is 0 Å². The summed E-state index contributed by atoms with van der Waals surface area (Å²) in [6, 6.07) is 0. The number of carbonyl (C=O) groups excluding carboxylic acids is 1. The Hall–Kier alpha value is -0.750. The van der Waals surface area contributed by atoms with Gasteiger partial charge in [0.1, 0.15) is 9.98 Å². The van der Waals surface area contributed by atoms with Gasteiger partial charge < -0.3 is 16.4 Å². The van der Waals surface area contributed by atoms with Crippen LogP contribution in [-0.2, 0) is 4.79 Å². The highest BCUT2D eigenvalue weighted by atomic mass is 32.1. The van der Waals surface area contributed by atoms with Gasteiger partial charge >= 0.3 is 0 Å². The second kappa shape index (κ2) is 13.9. The molecule has 0 aliphatic heterocycles. The molecule has 0 fully saturated rings. The molecule has 6 heteroatoms. The SMILES string of the molecule is CCCCCCCC(=O)NCC(C)CCCNC(=S)C(N)=S. The molecule has 0 spiro atoms. The number of rotatable bonds is 12. The minimum absolute atomic E-state index is 0.177. The average Bonchev–Trinajstić information content (AvgIpc) is 2.48. The van der Waals surface area contributed by atoms with Crippen molar-refractivity contribution in [2.24, 2.45) is 11.7 Å². The molecule has 0 aliphatic carbocycles. The monoisotopic (exact) mass is 345 g/mol. The fourth-order valence-corrected chi connectivity index (χ4v) is 2.28. The Morgan fingerprint density at radius 1 is 1.09 bits per heavy atom. The van der Waals surface area contributed by atoms with Gasteiger partial charge in [-0.25, -0.2) is 0 Å². The highest BCUT2D eigenvalue weighted by molar-refractivity contribution is 7.89. The summed E-state index contributed by atoms with van der Waals surface area (Å²) in [5.41, 5.74) is 5.41. The molecule has 1 unspecified atom stereocenters. The number of nitrogens with one attached hydrogen (secondary N) is 2. The molecule has 0 aromatic rings. The molecule has 0 saturated carbocycles. The van der Waals surface area contributed by atoms with E-state index in [-0.39, 0.29) is 10.9 Å². The lowest BCUT2D eigenvalue weighted by Gasteiger charge is -2.13. The van der Waals surface area contributed by atoms with Crippen molar-refractivity contribution in [3.05, 3.63) is 0 Å². The van der Waals surface area contributed by atoms with E-state index in [1.54, 1.807) is 0 Å². The lowest BCUT2D eigenvalue weighted by molar-refractivity contribution is -0.121. The molecular formula is C16H31N3OS2. The Bertz CT molecular complexity index is 348. The van der Waals surface area contributed by atoms with Crippen LogP contribution in [0.15, 0.2) is 0 Å². The molecule has 1 amide bonds. The molecule has 22 heavy (non-hydrogen) atoms. The summed E-state index contributed by atoms with van der Waals surface area (Å²) < 4.78 is 0. The Kier molecular flexibility index (Phi) is 13.4. The fraction of sp³-hybridized carbons (Fsp3) is 0.812. The van der Waals surface area contributed by atoms with Crippen molar-refractivity contribution in [3.63, 3.8) is 0 Å². The first-order chi connectivity index (χ1) is 10.5. The minimum Gasteiger partial charge on any atom is -0.388 e. The predicted molar refractivity (Wildman–Crippen MR) is 102 cm³/mol. The highest BCUT2D eigenvalue weighted by Crippen LogP contribution is 2.06. The van der Waals surface area contributed by atoms with Crippen LogP contribution in [0.25, 0.3) is 0 Å². The van der Waals surface area contributed by atoms with Gasteiger partial charge in [0.05, 0.1) is 0 Å². The molecule has 0 bridgehead atoms. The number of hydrogen-bond acceptors (Lipinski definition) is 3. The summed E-state index contributed by atoms with van der Waals surface area (Å²) in [5.74, 6) is 0.639. The van der Waals surface area contributed by atoms with Gasteiger partial charge in [0.25, 0.3) is 0 Å². The molecule has 0 saturated heterocycles. The zero-order valence-corrected chi connectivity index (χ0v) is 15.6. The third-order valence-electron chi connectivity index (χ3n) is 3.54. The van der Waals surface area contributed by atoms with Gasteiger partial charge in [-0.15, -0.1) is 0 Å². The van der Waals surface area contributed by atoms with Gasteiger partial charge in [0.2, 0.25) is 5.91 Å². The second-order valence-electron chi connectivity index (χ2n) is 5.84. The first-order valence-electron chi connectivity index (χ1n) is 8.31. The number of hydrogen-bond donors (Lipinski definition) is 3. The Morgan fingerprint density at radius 3 is 2.41 bits per heavy atom. The van der Waals surface area contributed by atoms with Gasteiger partial charge in [-0.3, -0.25) is 4.79 Å². The summed E-state index contributed by atoms with van der Waals surface area (Å²) in [6.45, 7) is 5.86. The molecule has 4 nitrogen and oxygen atoms in total. The van der Waals surface area contributed by atoms with E-state index in [2.05, 4.69) is 24.5 Å². The summed E-state index contributed by atoms with van der Waals surface area (Å²) in [7, 11) is 0. The minimum atomic E-state index is 0.177. The van der Waals surface area contributed by atoms with Crippen LogP contribution < -0.4 is 16.4 Å². The molecule has 0 heterocycles. The van der Waals surface area contributed by atoms with E-state index < -0.39 is 0 Å². The van der Waals surface area contributed by atoms with Crippen LogP contribution in [0.2, 0.25) is 0 Å². The van der Waals surface area contributed by atoms with E-state index in [1.807, 2.05) is 0 Å². The number of carbonyl (C=O) groups is 1. The smallest absolute Gasteiger partial charge is 0.220 e. The van der Waals surface area contributed by atoms with Crippen molar-refractivity contribution in [1.29, 1.82) is 0 Å². The van der Waals surface area contributed by atoms with Crippen LogP contribution in [0.1, 0.15) is 65.2 Å². The van der Waals surface area contributed by atoms with E-state index >= 15 is 0 Å². The second-order valence-corrected chi connectivity index (χ2v) is 6.68. The van der Waals surface area contributed by atoms with Crippen molar-refractivity contribution in [2.45, 2.75) is 65.2 Å². The van der Waals surface area contributed by atoms with Crippen LogP contribution in [-0.4, -0.2) is 29.0 Å². The predicted octanol–water partition coefficient (Wildman–Crippen LogP) is 3.08. The van der Waals surface area contributed by atoms with Crippen molar-refractivity contribution in [2.75, 3.05) is 13.1 Å². The normalized spacial score (nSPS) is 11.7. The van der Waals surface area contributed by atoms with Gasteiger partial charge in [-0.1, -0.05) is 64.0 Å². The largest absolute Gasteiger partial charge is 0.388 e. The van der Waals surface area contributed by atoms with Crippen LogP contribution in [0, 0.1) is 5.92 Å². The van der Waals surface area contributed by atoms with E-state index in [4.69, 9.17) is 30.2 Å². The van der Waals surface area contributed by atoms with Crippen LogP contribution >= 0.6 is 24.4 Å². The third-order valence-corrected chi connectivity index (χ3v) is 4.24. The molecule has 0 rings (SSSR count). The Balaban J connectivity index is 3.51.